The zero-order chi connectivity index (χ0) is 13.8. The normalized spacial score (nSPS) is 10.3. The Kier molecular flexibility index (Phi) is 5.60. The van der Waals surface area contributed by atoms with Gasteiger partial charge in [0.05, 0.1) is 16.8 Å². The van der Waals surface area contributed by atoms with Gasteiger partial charge in [-0.25, -0.2) is 4.98 Å². The van der Waals surface area contributed by atoms with Gasteiger partial charge in [0.15, 0.2) is 0 Å². The summed E-state index contributed by atoms with van der Waals surface area (Å²) in [7, 11) is 0. The lowest BCUT2D eigenvalue weighted by atomic mass is 10.2. The van der Waals surface area contributed by atoms with Gasteiger partial charge in [-0.05, 0) is 31.5 Å². The molecule has 0 aliphatic rings. The number of non-ortho nitro benzene ring substituents is 1. The minimum Gasteiger partial charge on any atom is -0.258 e. The van der Waals surface area contributed by atoms with Crippen LogP contribution in [0.4, 0.5) is 10.8 Å². The van der Waals surface area contributed by atoms with Gasteiger partial charge in [0.25, 0.3) is 5.69 Å². The molecule has 1 aromatic heterocycles. The molecule has 0 radical (unpaired) electrons. The number of anilines is 1. The lowest BCUT2D eigenvalue weighted by Crippen LogP contribution is -1.91. The molecule has 0 fully saturated rings. The van der Waals surface area contributed by atoms with Gasteiger partial charge in [-0.15, -0.1) is 23.7 Å². The summed E-state index contributed by atoms with van der Waals surface area (Å²) in [6.45, 7) is 3.94. The van der Waals surface area contributed by atoms with E-state index >= 15 is 0 Å². The number of thiazole rings is 1. The average molecular weight is 313 g/mol. The van der Waals surface area contributed by atoms with Crippen LogP contribution in [0.3, 0.4) is 0 Å². The van der Waals surface area contributed by atoms with Gasteiger partial charge in [0.1, 0.15) is 0 Å². The van der Waals surface area contributed by atoms with Crippen molar-refractivity contribution in [2.45, 2.75) is 13.8 Å². The SMILES string of the molecule is Cc1nc(N/N=C/c2ccc([N+](=O)[O-])cc2)sc1C.Cl. The van der Waals surface area contributed by atoms with Crippen molar-refractivity contribution in [1.29, 1.82) is 0 Å². The van der Waals surface area contributed by atoms with Crippen LogP contribution in [0, 0.1) is 24.0 Å². The Bertz CT molecular complexity index is 605. The number of hydrogen-bond donors (Lipinski definition) is 1. The lowest BCUT2D eigenvalue weighted by molar-refractivity contribution is -0.384. The molecular weight excluding hydrogens is 300 g/mol. The van der Waals surface area contributed by atoms with E-state index in [0.717, 1.165) is 21.3 Å². The van der Waals surface area contributed by atoms with Crippen molar-refractivity contribution in [2.24, 2.45) is 5.10 Å². The van der Waals surface area contributed by atoms with Crippen LogP contribution < -0.4 is 5.43 Å². The van der Waals surface area contributed by atoms with Crippen LogP contribution in [0.5, 0.6) is 0 Å². The number of nitrogens with one attached hydrogen (secondary N) is 1. The summed E-state index contributed by atoms with van der Waals surface area (Å²) in [6.07, 6.45) is 1.59. The number of nitrogens with zero attached hydrogens (tertiary/aromatic N) is 3. The highest BCUT2D eigenvalue weighted by atomic mass is 35.5. The standard InChI is InChI=1S/C12H12N4O2S.ClH/c1-8-9(2)19-12(14-8)15-13-7-10-3-5-11(6-4-10)16(17)18;/h3-7H,1-2H3,(H,14,15);1H/b13-7+;. The van der Waals surface area contributed by atoms with Crippen molar-refractivity contribution in [3.63, 3.8) is 0 Å². The number of hydrazone groups is 1. The third kappa shape index (κ3) is 4.01. The van der Waals surface area contributed by atoms with Gasteiger partial charge in [0, 0.05) is 17.0 Å². The molecule has 20 heavy (non-hydrogen) atoms. The van der Waals surface area contributed by atoms with E-state index in [4.69, 9.17) is 0 Å². The van der Waals surface area contributed by atoms with Crippen molar-refractivity contribution in [1.82, 2.24) is 4.98 Å². The first-order chi connectivity index (χ1) is 9.06. The monoisotopic (exact) mass is 312 g/mol. The first-order valence-corrected chi connectivity index (χ1v) is 6.35. The zero-order valence-electron chi connectivity index (χ0n) is 10.9. The summed E-state index contributed by atoms with van der Waals surface area (Å²) >= 11 is 1.53. The van der Waals surface area contributed by atoms with Crippen LogP contribution in [-0.4, -0.2) is 16.1 Å². The van der Waals surface area contributed by atoms with Gasteiger partial charge in [-0.2, -0.15) is 5.10 Å². The first-order valence-electron chi connectivity index (χ1n) is 5.54. The van der Waals surface area contributed by atoms with E-state index in [1.54, 1.807) is 18.3 Å². The molecule has 0 aliphatic carbocycles. The molecular formula is C12H13ClN4O2S. The molecule has 0 unspecified atom stereocenters. The molecule has 0 spiro atoms. The number of aryl methyl sites for hydroxylation is 2. The van der Waals surface area contributed by atoms with Crippen molar-refractivity contribution >= 4 is 40.8 Å². The summed E-state index contributed by atoms with van der Waals surface area (Å²) < 4.78 is 0. The average Bonchev–Trinajstić information content (AvgIpc) is 2.69. The fraction of sp³-hybridized carbons (Fsp3) is 0.167. The second kappa shape index (κ2) is 6.97. The van der Waals surface area contributed by atoms with E-state index in [1.807, 2.05) is 13.8 Å². The molecule has 0 bridgehead atoms. The Morgan fingerprint density at radius 2 is 2.00 bits per heavy atom. The summed E-state index contributed by atoms with van der Waals surface area (Å²) in [5.41, 5.74) is 4.67. The highest BCUT2D eigenvalue weighted by molar-refractivity contribution is 7.15. The largest absolute Gasteiger partial charge is 0.269 e. The predicted molar refractivity (Wildman–Crippen MR) is 83.1 cm³/mol. The van der Waals surface area contributed by atoms with Crippen LogP contribution in [0.25, 0.3) is 0 Å². The van der Waals surface area contributed by atoms with Gasteiger partial charge in [-0.3, -0.25) is 15.5 Å². The topological polar surface area (TPSA) is 80.4 Å². The summed E-state index contributed by atoms with van der Waals surface area (Å²) in [5.74, 6) is 0. The van der Waals surface area contributed by atoms with E-state index in [9.17, 15) is 10.1 Å². The van der Waals surface area contributed by atoms with Crippen molar-refractivity contribution in [3.05, 3.63) is 50.5 Å². The number of aromatic nitrogens is 1. The molecule has 8 heteroatoms. The quantitative estimate of drug-likeness (QED) is 0.532. The maximum atomic E-state index is 10.5. The Hall–Kier alpha value is -1.99. The van der Waals surface area contributed by atoms with Crippen LogP contribution in [0.15, 0.2) is 29.4 Å². The van der Waals surface area contributed by atoms with E-state index < -0.39 is 4.92 Å². The Morgan fingerprint density at radius 3 is 2.50 bits per heavy atom. The fourth-order valence-corrected chi connectivity index (χ4v) is 2.13. The Labute approximate surface area is 126 Å². The molecule has 0 atom stereocenters. The second-order valence-electron chi connectivity index (χ2n) is 3.88. The van der Waals surface area contributed by atoms with Gasteiger partial charge < -0.3 is 0 Å². The molecule has 0 saturated carbocycles. The molecule has 1 aromatic carbocycles. The van der Waals surface area contributed by atoms with Crippen molar-refractivity contribution in [2.75, 3.05) is 5.43 Å². The maximum absolute atomic E-state index is 10.5. The smallest absolute Gasteiger partial charge is 0.258 e. The minimum absolute atomic E-state index is 0. The summed E-state index contributed by atoms with van der Waals surface area (Å²) in [5, 5.41) is 15.3. The molecule has 106 valence electrons. The molecule has 0 aliphatic heterocycles. The molecule has 0 saturated heterocycles. The lowest BCUT2D eigenvalue weighted by Gasteiger charge is -1.94. The molecule has 1 heterocycles. The highest BCUT2D eigenvalue weighted by Crippen LogP contribution is 2.20. The second-order valence-corrected chi connectivity index (χ2v) is 5.08. The number of benzene rings is 1. The van der Waals surface area contributed by atoms with Gasteiger partial charge >= 0.3 is 0 Å². The van der Waals surface area contributed by atoms with Crippen LogP contribution >= 0.6 is 23.7 Å². The Morgan fingerprint density at radius 1 is 1.35 bits per heavy atom. The molecule has 2 aromatic rings. The van der Waals surface area contributed by atoms with Gasteiger partial charge in [-0.1, -0.05) is 0 Å². The van der Waals surface area contributed by atoms with Crippen LogP contribution in [0.2, 0.25) is 0 Å². The van der Waals surface area contributed by atoms with Crippen LogP contribution in [-0.2, 0) is 0 Å². The fourth-order valence-electron chi connectivity index (χ4n) is 1.36. The van der Waals surface area contributed by atoms with E-state index in [1.165, 1.54) is 23.5 Å². The van der Waals surface area contributed by atoms with Crippen LogP contribution in [0.1, 0.15) is 16.1 Å². The number of hydrogen-bond acceptors (Lipinski definition) is 6. The van der Waals surface area contributed by atoms with Crippen molar-refractivity contribution in [3.8, 4) is 0 Å². The maximum Gasteiger partial charge on any atom is 0.269 e. The number of halogens is 1. The van der Waals surface area contributed by atoms with Crippen molar-refractivity contribution < 1.29 is 4.92 Å². The first kappa shape index (κ1) is 16.1. The summed E-state index contributed by atoms with van der Waals surface area (Å²) in [4.78, 5) is 15.5. The molecule has 6 nitrogen and oxygen atoms in total. The Balaban J connectivity index is 0.00000200. The minimum atomic E-state index is -0.430. The zero-order valence-corrected chi connectivity index (χ0v) is 12.5. The predicted octanol–water partition coefficient (Wildman–Crippen LogP) is 3.54. The number of rotatable bonds is 4. The molecule has 1 N–H and O–H groups in total. The molecule has 2 rings (SSSR count). The van der Waals surface area contributed by atoms with E-state index in [2.05, 4.69) is 15.5 Å². The summed E-state index contributed by atoms with van der Waals surface area (Å²) in [6, 6.07) is 6.17. The molecule has 0 amide bonds. The third-order valence-electron chi connectivity index (χ3n) is 2.51. The third-order valence-corrected chi connectivity index (χ3v) is 3.48. The van der Waals surface area contributed by atoms with E-state index in [-0.39, 0.29) is 18.1 Å². The van der Waals surface area contributed by atoms with E-state index in [0.29, 0.717) is 0 Å². The number of nitro groups is 1. The highest BCUT2D eigenvalue weighted by Gasteiger charge is 2.03. The van der Waals surface area contributed by atoms with Gasteiger partial charge in [0.2, 0.25) is 5.13 Å². The number of nitro benzene ring substituents is 1.